The summed E-state index contributed by atoms with van der Waals surface area (Å²) in [6.45, 7) is 2.29. The van der Waals surface area contributed by atoms with Crippen LogP contribution in [0.4, 0.5) is 0 Å². The zero-order valence-electron chi connectivity index (χ0n) is 13.7. The molecule has 1 unspecified atom stereocenters. The summed E-state index contributed by atoms with van der Waals surface area (Å²) in [5, 5.41) is 13.0. The van der Waals surface area contributed by atoms with E-state index in [-0.39, 0.29) is 11.5 Å². The summed E-state index contributed by atoms with van der Waals surface area (Å²) in [6.07, 6.45) is 7.95. The number of halogens is 1. The Morgan fingerprint density at radius 1 is 1.35 bits per heavy atom. The highest BCUT2D eigenvalue weighted by atomic mass is 35.5. The van der Waals surface area contributed by atoms with Gasteiger partial charge in [0, 0.05) is 24.3 Å². The van der Waals surface area contributed by atoms with Gasteiger partial charge in [-0.25, -0.2) is 0 Å². The highest BCUT2D eigenvalue weighted by Gasteiger charge is 2.43. The van der Waals surface area contributed by atoms with Gasteiger partial charge in [-0.3, -0.25) is 4.68 Å². The molecule has 1 spiro atoms. The first-order valence-corrected chi connectivity index (χ1v) is 8.85. The van der Waals surface area contributed by atoms with Gasteiger partial charge in [0.25, 0.3) is 0 Å². The Bertz CT molecular complexity index is 726. The second kappa shape index (κ2) is 5.60. The van der Waals surface area contributed by atoms with Crippen molar-refractivity contribution in [3.05, 3.63) is 46.2 Å². The first kappa shape index (κ1) is 15.2. The Morgan fingerprint density at radius 2 is 2.22 bits per heavy atom. The third kappa shape index (κ3) is 2.68. The quantitative estimate of drug-likeness (QED) is 0.869. The van der Waals surface area contributed by atoms with Crippen LogP contribution in [-0.4, -0.2) is 21.0 Å². The third-order valence-electron chi connectivity index (χ3n) is 5.49. The van der Waals surface area contributed by atoms with Crippen molar-refractivity contribution in [2.75, 3.05) is 0 Å². The molecule has 1 aliphatic carbocycles. The van der Waals surface area contributed by atoms with Crippen molar-refractivity contribution in [1.29, 1.82) is 0 Å². The number of benzene rings is 1. The molecule has 4 rings (SSSR count). The summed E-state index contributed by atoms with van der Waals surface area (Å²) >= 11 is 6.23. The normalized spacial score (nSPS) is 30.4. The Morgan fingerprint density at radius 3 is 3.00 bits per heavy atom. The second-order valence-corrected chi connectivity index (χ2v) is 7.72. The summed E-state index contributed by atoms with van der Waals surface area (Å²) < 4.78 is 1.79. The predicted molar refractivity (Wildman–Crippen MR) is 91.6 cm³/mol. The number of aryl methyl sites for hydroxylation is 2. The number of hydrogen-bond acceptors (Lipinski definition) is 3. The van der Waals surface area contributed by atoms with Crippen molar-refractivity contribution in [2.45, 2.75) is 56.5 Å². The summed E-state index contributed by atoms with van der Waals surface area (Å²) in [5.41, 5.74) is 4.25. The van der Waals surface area contributed by atoms with Crippen LogP contribution >= 0.6 is 11.6 Å². The van der Waals surface area contributed by atoms with Gasteiger partial charge in [-0.2, -0.15) is 0 Å². The highest BCUT2D eigenvalue weighted by molar-refractivity contribution is 6.30. The fourth-order valence-electron chi connectivity index (χ4n) is 4.70. The maximum atomic E-state index is 6.23. The molecule has 1 aromatic heterocycles. The smallest absolute Gasteiger partial charge is 0.0996 e. The minimum absolute atomic E-state index is 0.241. The number of hydrogen-bond donors (Lipinski definition) is 1. The second-order valence-electron chi connectivity index (χ2n) is 7.28. The lowest BCUT2D eigenvalue weighted by Crippen LogP contribution is -2.48. The molecule has 23 heavy (non-hydrogen) atoms. The highest BCUT2D eigenvalue weighted by Crippen LogP contribution is 2.49. The van der Waals surface area contributed by atoms with Gasteiger partial charge in [-0.05, 0) is 67.7 Å². The van der Waals surface area contributed by atoms with E-state index in [1.807, 2.05) is 13.2 Å². The Balaban J connectivity index is 1.73. The van der Waals surface area contributed by atoms with Crippen molar-refractivity contribution in [2.24, 2.45) is 7.05 Å². The molecule has 0 radical (unpaired) electrons. The Kier molecular flexibility index (Phi) is 3.69. The first-order valence-electron chi connectivity index (χ1n) is 8.47. The maximum Gasteiger partial charge on any atom is 0.0996 e. The van der Waals surface area contributed by atoms with Gasteiger partial charge in [0.2, 0.25) is 0 Å². The van der Waals surface area contributed by atoms with E-state index in [1.54, 1.807) is 4.68 Å². The minimum Gasteiger partial charge on any atom is -0.306 e. The Labute approximate surface area is 142 Å². The van der Waals surface area contributed by atoms with Crippen LogP contribution in [0.2, 0.25) is 5.02 Å². The van der Waals surface area contributed by atoms with Crippen molar-refractivity contribution >= 4 is 11.6 Å². The number of nitrogens with one attached hydrogen (secondary N) is 1. The van der Waals surface area contributed by atoms with E-state index in [1.165, 1.54) is 30.4 Å². The number of aromatic nitrogens is 3. The Hall–Kier alpha value is -1.39. The molecule has 1 aromatic carbocycles. The van der Waals surface area contributed by atoms with Gasteiger partial charge in [0.15, 0.2) is 0 Å². The van der Waals surface area contributed by atoms with Gasteiger partial charge in [0.05, 0.1) is 11.7 Å². The molecule has 3 atom stereocenters. The van der Waals surface area contributed by atoms with Crippen molar-refractivity contribution in [3.63, 3.8) is 0 Å². The fraction of sp³-hybridized carbons (Fsp3) is 0.556. The van der Waals surface area contributed by atoms with Crippen molar-refractivity contribution in [1.82, 2.24) is 20.3 Å². The molecular formula is C18H23ClN4. The fourth-order valence-corrected chi connectivity index (χ4v) is 4.89. The average molecular weight is 331 g/mol. The molecule has 2 aromatic rings. The van der Waals surface area contributed by atoms with Crippen LogP contribution in [0.25, 0.3) is 0 Å². The van der Waals surface area contributed by atoms with Gasteiger partial charge in [-0.1, -0.05) is 22.9 Å². The average Bonchev–Trinajstić information content (AvgIpc) is 2.93. The van der Waals surface area contributed by atoms with Crippen LogP contribution in [0.5, 0.6) is 0 Å². The van der Waals surface area contributed by atoms with Gasteiger partial charge in [-0.15, -0.1) is 5.10 Å². The van der Waals surface area contributed by atoms with E-state index in [4.69, 9.17) is 11.6 Å². The lowest BCUT2D eigenvalue weighted by atomic mass is 9.62. The molecule has 1 saturated heterocycles. The zero-order chi connectivity index (χ0) is 16.0. The standard InChI is InChI=1S/C18H23ClN4/c1-12-9-18(10-16(20-12)17-11-23(2)22-21-17)7-3-4-13-8-14(19)5-6-15(13)18/h5-6,8,11-12,16,20H,3-4,7,9-10H2,1-2H3/t12-,16-,18?/m0/s1. The van der Waals surface area contributed by atoms with Crippen LogP contribution in [0, 0.1) is 0 Å². The molecule has 122 valence electrons. The lowest BCUT2D eigenvalue weighted by molar-refractivity contribution is 0.184. The molecular weight excluding hydrogens is 308 g/mol. The number of rotatable bonds is 1. The molecule has 2 aliphatic rings. The molecule has 1 fully saturated rings. The number of piperidine rings is 1. The molecule has 0 bridgehead atoms. The van der Waals surface area contributed by atoms with Crippen LogP contribution in [0.15, 0.2) is 24.4 Å². The van der Waals surface area contributed by atoms with Crippen LogP contribution in [0.3, 0.4) is 0 Å². The molecule has 1 aliphatic heterocycles. The maximum absolute atomic E-state index is 6.23. The molecule has 0 amide bonds. The largest absolute Gasteiger partial charge is 0.306 e. The zero-order valence-corrected chi connectivity index (χ0v) is 14.5. The van der Waals surface area contributed by atoms with E-state index >= 15 is 0 Å². The van der Waals surface area contributed by atoms with E-state index < -0.39 is 0 Å². The van der Waals surface area contributed by atoms with Crippen molar-refractivity contribution in [3.8, 4) is 0 Å². The summed E-state index contributed by atoms with van der Waals surface area (Å²) in [4.78, 5) is 0. The molecule has 4 nitrogen and oxygen atoms in total. The SMILES string of the molecule is C[C@H]1CC2(CCCc3cc(Cl)ccc32)C[C@@H](c2cn(C)nn2)N1. The number of fused-ring (bicyclic) bond motifs is 2. The van der Waals surface area contributed by atoms with Crippen molar-refractivity contribution < 1.29 is 0 Å². The molecule has 2 heterocycles. The lowest BCUT2D eigenvalue weighted by Gasteiger charge is -2.47. The van der Waals surface area contributed by atoms with Crippen LogP contribution in [0.1, 0.15) is 55.5 Å². The third-order valence-corrected chi connectivity index (χ3v) is 5.73. The number of nitrogens with zero attached hydrogens (tertiary/aromatic N) is 3. The first-order chi connectivity index (χ1) is 11.1. The van der Waals surface area contributed by atoms with Gasteiger partial charge < -0.3 is 5.32 Å². The van der Waals surface area contributed by atoms with Crippen LogP contribution in [-0.2, 0) is 18.9 Å². The van der Waals surface area contributed by atoms with E-state index in [0.29, 0.717) is 6.04 Å². The molecule has 1 N–H and O–H groups in total. The van der Waals surface area contributed by atoms with Gasteiger partial charge in [0.1, 0.15) is 0 Å². The monoisotopic (exact) mass is 330 g/mol. The topological polar surface area (TPSA) is 42.7 Å². The van der Waals surface area contributed by atoms with Gasteiger partial charge >= 0.3 is 0 Å². The van der Waals surface area contributed by atoms with E-state index in [9.17, 15) is 0 Å². The molecule has 0 saturated carbocycles. The minimum atomic E-state index is 0.241. The molecule has 5 heteroatoms. The summed E-state index contributed by atoms with van der Waals surface area (Å²) in [5.74, 6) is 0. The van der Waals surface area contributed by atoms with E-state index in [2.05, 4.69) is 40.8 Å². The summed E-state index contributed by atoms with van der Waals surface area (Å²) in [6, 6.07) is 7.23. The summed E-state index contributed by atoms with van der Waals surface area (Å²) in [7, 11) is 1.93. The van der Waals surface area contributed by atoms with Crippen LogP contribution < -0.4 is 5.32 Å². The predicted octanol–water partition coefficient (Wildman–Crippen LogP) is 3.56. The van der Waals surface area contributed by atoms with E-state index in [0.717, 1.165) is 23.6 Å².